The van der Waals surface area contributed by atoms with Gasteiger partial charge in [-0.2, -0.15) is 0 Å². The minimum atomic E-state index is -0.298. The number of aromatic nitrogens is 2. The van der Waals surface area contributed by atoms with Crippen LogP contribution in [-0.4, -0.2) is 64.8 Å². The molecule has 2 fully saturated rings. The summed E-state index contributed by atoms with van der Waals surface area (Å²) >= 11 is 3.32. The molecule has 1 aromatic heterocycles. The lowest BCUT2D eigenvalue weighted by Gasteiger charge is -2.52. The largest absolute Gasteiger partial charge is 0.378 e. The molecule has 2 N–H and O–H groups in total. The van der Waals surface area contributed by atoms with Crippen LogP contribution in [0.25, 0.3) is 0 Å². The van der Waals surface area contributed by atoms with Gasteiger partial charge in [0.15, 0.2) is 5.82 Å². The molecule has 0 atom stereocenters. The Morgan fingerprint density at radius 1 is 1.33 bits per heavy atom. The third-order valence-corrected chi connectivity index (χ3v) is 6.49. The fourth-order valence-electron chi connectivity index (χ4n) is 4.30. The number of ether oxygens (including phenoxy) is 1. The van der Waals surface area contributed by atoms with Crippen molar-refractivity contribution in [2.45, 2.75) is 25.4 Å². The van der Waals surface area contributed by atoms with Crippen LogP contribution in [0.2, 0.25) is 0 Å². The smallest absolute Gasteiger partial charge is 0.293 e. The van der Waals surface area contributed by atoms with E-state index in [2.05, 4.69) is 61.8 Å². The Morgan fingerprint density at radius 2 is 2.09 bits per heavy atom. The van der Waals surface area contributed by atoms with Gasteiger partial charge in [0.05, 0.1) is 30.6 Å². The molecule has 4 rings (SSSR count). The first kappa shape index (κ1) is 23.5. The molecule has 33 heavy (non-hydrogen) atoms. The van der Waals surface area contributed by atoms with Crippen molar-refractivity contribution >= 4 is 44.7 Å². The molecule has 3 heterocycles. The number of aryl methyl sites for hydroxylation is 1. The first-order valence-electron chi connectivity index (χ1n) is 10.8. The van der Waals surface area contributed by atoms with Crippen molar-refractivity contribution < 1.29 is 9.53 Å². The molecule has 0 saturated carbocycles. The summed E-state index contributed by atoms with van der Waals surface area (Å²) in [4.78, 5) is 33.7. The monoisotopic (exact) mass is 516 g/mol. The van der Waals surface area contributed by atoms with Crippen LogP contribution in [0.1, 0.15) is 13.8 Å². The summed E-state index contributed by atoms with van der Waals surface area (Å²) in [5.74, 6) is -0.106. The van der Waals surface area contributed by atoms with Crippen LogP contribution >= 0.6 is 15.9 Å². The second kappa shape index (κ2) is 9.28. The standard InChI is InChI=1S/C23H29BrN6O3/c1-5-20(31)26-17-10-15(25-21-22(32)28(4)11-19(24)27-21)6-7-18(17)30-9-8-29(14-23(30,2)3)16-12-33-13-16/h5-7,10-11,16H,1,8-9,12-14H2,2-4H3,(H,25,27)(H,26,31). The normalized spacial score (nSPS) is 18.5. The van der Waals surface area contributed by atoms with E-state index in [9.17, 15) is 9.59 Å². The Balaban J connectivity index is 1.65. The Bertz CT molecular complexity index is 1130. The van der Waals surface area contributed by atoms with E-state index in [1.165, 1.54) is 10.6 Å². The summed E-state index contributed by atoms with van der Waals surface area (Å²) in [5, 5.41) is 6.01. The van der Waals surface area contributed by atoms with Gasteiger partial charge >= 0.3 is 0 Å². The van der Waals surface area contributed by atoms with Crippen LogP contribution in [0.15, 0.2) is 46.4 Å². The van der Waals surface area contributed by atoms with Crippen LogP contribution in [-0.2, 0) is 16.6 Å². The number of piperazine rings is 1. The molecule has 10 heteroatoms. The highest BCUT2D eigenvalue weighted by atomic mass is 79.9. The fraction of sp³-hybridized carbons (Fsp3) is 0.435. The molecule has 0 spiro atoms. The third kappa shape index (κ3) is 4.97. The zero-order chi connectivity index (χ0) is 23.8. The van der Waals surface area contributed by atoms with E-state index in [1.807, 2.05) is 18.2 Å². The van der Waals surface area contributed by atoms with Gasteiger partial charge in [0.1, 0.15) is 4.60 Å². The molecule has 2 aliphatic heterocycles. The summed E-state index contributed by atoms with van der Waals surface area (Å²) in [6.07, 6.45) is 2.85. The van der Waals surface area contributed by atoms with Crippen molar-refractivity contribution in [3.8, 4) is 0 Å². The zero-order valence-corrected chi connectivity index (χ0v) is 20.7. The molecule has 9 nitrogen and oxygen atoms in total. The van der Waals surface area contributed by atoms with E-state index < -0.39 is 0 Å². The van der Waals surface area contributed by atoms with E-state index >= 15 is 0 Å². The van der Waals surface area contributed by atoms with Gasteiger partial charge in [0.25, 0.3) is 5.56 Å². The van der Waals surface area contributed by atoms with Crippen molar-refractivity contribution in [1.29, 1.82) is 0 Å². The topological polar surface area (TPSA) is 91.7 Å². The van der Waals surface area contributed by atoms with Crippen molar-refractivity contribution in [2.24, 2.45) is 7.05 Å². The van der Waals surface area contributed by atoms with Crippen LogP contribution in [0, 0.1) is 0 Å². The summed E-state index contributed by atoms with van der Waals surface area (Å²) < 4.78 is 7.37. The highest BCUT2D eigenvalue weighted by molar-refractivity contribution is 9.10. The molecule has 2 saturated heterocycles. The average molecular weight is 517 g/mol. The van der Waals surface area contributed by atoms with Crippen molar-refractivity contribution in [2.75, 3.05) is 48.4 Å². The molecule has 1 amide bonds. The Morgan fingerprint density at radius 3 is 2.73 bits per heavy atom. The van der Waals surface area contributed by atoms with Gasteiger partial charge in [-0.25, -0.2) is 4.98 Å². The van der Waals surface area contributed by atoms with E-state index in [0.717, 1.165) is 38.5 Å². The first-order chi connectivity index (χ1) is 15.7. The molecular weight excluding hydrogens is 488 g/mol. The number of hydrogen-bond donors (Lipinski definition) is 2. The van der Waals surface area contributed by atoms with Crippen molar-refractivity contribution in [3.05, 3.63) is 52.0 Å². The molecule has 0 radical (unpaired) electrons. The summed E-state index contributed by atoms with van der Waals surface area (Å²) in [5.41, 5.74) is 1.80. The van der Waals surface area contributed by atoms with E-state index in [0.29, 0.717) is 22.0 Å². The molecule has 176 valence electrons. The van der Waals surface area contributed by atoms with Crippen LogP contribution in [0.5, 0.6) is 0 Å². The number of halogens is 1. The maximum absolute atomic E-state index is 12.5. The van der Waals surface area contributed by atoms with Gasteiger partial charge < -0.3 is 24.8 Å². The number of carbonyl (C=O) groups excluding carboxylic acids is 1. The molecule has 2 aromatic rings. The Labute approximate surface area is 201 Å². The SMILES string of the molecule is C=CC(=O)Nc1cc(Nc2nc(Br)cn(C)c2=O)ccc1N1CCN(C2COC2)CC1(C)C. The lowest BCUT2D eigenvalue weighted by molar-refractivity contribution is -0.111. The Hall–Kier alpha value is -2.69. The van der Waals surface area contributed by atoms with Crippen LogP contribution < -0.4 is 21.1 Å². The third-order valence-electron chi connectivity index (χ3n) is 6.10. The number of nitrogens with zero attached hydrogens (tertiary/aromatic N) is 4. The zero-order valence-electron chi connectivity index (χ0n) is 19.1. The molecule has 0 aliphatic carbocycles. The van der Waals surface area contributed by atoms with Crippen molar-refractivity contribution in [3.63, 3.8) is 0 Å². The van der Waals surface area contributed by atoms with Gasteiger partial charge in [-0.1, -0.05) is 6.58 Å². The second-order valence-corrected chi connectivity index (χ2v) is 9.82. The van der Waals surface area contributed by atoms with Crippen molar-refractivity contribution in [1.82, 2.24) is 14.5 Å². The summed E-state index contributed by atoms with van der Waals surface area (Å²) in [7, 11) is 1.66. The van der Waals surface area contributed by atoms with Gasteiger partial charge in [-0.3, -0.25) is 14.5 Å². The predicted octanol–water partition coefficient (Wildman–Crippen LogP) is 2.71. The fourth-order valence-corrected chi connectivity index (χ4v) is 4.79. The number of anilines is 4. The Kier molecular flexibility index (Phi) is 6.60. The minimum Gasteiger partial charge on any atom is -0.378 e. The summed E-state index contributed by atoms with van der Waals surface area (Å²) in [6, 6.07) is 6.16. The maximum Gasteiger partial charge on any atom is 0.293 e. The maximum atomic E-state index is 12.5. The van der Waals surface area contributed by atoms with Gasteiger partial charge in [0, 0.05) is 44.1 Å². The van der Waals surface area contributed by atoms with Gasteiger partial charge in [-0.05, 0) is 54.1 Å². The number of benzene rings is 1. The van der Waals surface area contributed by atoms with Gasteiger partial charge in [0.2, 0.25) is 5.91 Å². The summed E-state index contributed by atoms with van der Waals surface area (Å²) in [6.45, 7) is 12.2. The number of nitrogens with one attached hydrogen (secondary N) is 2. The number of carbonyl (C=O) groups is 1. The number of amides is 1. The lowest BCUT2D eigenvalue weighted by atomic mass is 9.95. The van der Waals surface area contributed by atoms with E-state index in [4.69, 9.17) is 4.74 Å². The number of rotatable bonds is 6. The van der Waals surface area contributed by atoms with Crippen LogP contribution in [0.3, 0.4) is 0 Å². The highest BCUT2D eigenvalue weighted by Gasteiger charge is 2.39. The van der Waals surface area contributed by atoms with E-state index in [1.54, 1.807) is 13.2 Å². The van der Waals surface area contributed by atoms with E-state index in [-0.39, 0.29) is 22.8 Å². The molecule has 0 unspecified atom stereocenters. The van der Waals surface area contributed by atoms with Crippen LogP contribution in [0.4, 0.5) is 22.9 Å². The second-order valence-electron chi connectivity index (χ2n) is 9.00. The highest BCUT2D eigenvalue weighted by Crippen LogP contribution is 2.36. The number of hydrogen-bond acceptors (Lipinski definition) is 7. The molecular formula is C23H29BrN6O3. The first-order valence-corrected chi connectivity index (χ1v) is 11.6. The predicted molar refractivity (Wildman–Crippen MR) is 133 cm³/mol. The molecule has 0 bridgehead atoms. The lowest BCUT2D eigenvalue weighted by Crippen LogP contribution is -2.64. The molecule has 1 aromatic carbocycles. The average Bonchev–Trinajstić information content (AvgIpc) is 2.70. The van der Waals surface area contributed by atoms with Gasteiger partial charge in [-0.15, -0.1) is 0 Å². The quantitative estimate of drug-likeness (QED) is 0.570. The minimum absolute atomic E-state index is 0.155. The molecule has 2 aliphatic rings.